The van der Waals surface area contributed by atoms with E-state index in [0.717, 1.165) is 11.1 Å². The molecule has 20 atom stereocenters. The van der Waals surface area contributed by atoms with Crippen molar-refractivity contribution in [1.29, 1.82) is 0 Å². The summed E-state index contributed by atoms with van der Waals surface area (Å²) in [4.78, 5) is 26.7. The molecule has 0 radical (unpaired) electrons. The monoisotopic (exact) mass is 907 g/mol. The maximum absolute atomic E-state index is 13.5. The molecule has 0 amide bonds. The van der Waals surface area contributed by atoms with E-state index in [1.54, 1.807) is 28.3 Å². The van der Waals surface area contributed by atoms with Gasteiger partial charge < -0.3 is 62.7 Å². The van der Waals surface area contributed by atoms with E-state index in [-0.39, 0.29) is 42.9 Å². The molecule has 3 saturated heterocycles. The molecule has 3 aliphatic heterocycles. The molecule has 7 rings (SSSR count). The first-order valence-electron chi connectivity index (χ1n) is 23.9. The van der Waals surface area contributed by atoms with Crippen LogP contribution in [0.1, 0.15) is 127 Å². The molecule has 3 heterocycles. The molecule has 15 nitrogen and oxygen atoms in total. The molecule has 6 fully saturated rings. The molecule has 364 valence electrons. The zero-order valence-electron chi connectivity index (χ0n) is 40.3. The van der Waals surface area contributed by atoms with Crippen LogP contribution < -0.4 is 0 Å². The van der Waals surface area contributed by atoms with Crippen LogP contribution in [0, 0.1) is 28.6 Å². The highest BCUT2D eigenvalue weighted by atomic mass is 16.7. The third-order valence-electron chi connectivity index (χ3n) is 17.2. The third kappa shape index (κ3) is 8.85. The lowest BCUT2D eigenvalue weighted by atomic mass is 9.43. The summed E-state index contributed by atoms with van der Waals surface area (Å²) in [7, 11) is 4.87. The summed E-state index contributed by atoms with van der Waals surface area (Å²) in [5.74, 6) is -1.39. The Morgan fingerprint density at radius 3 is 1.88 bits per heavy atom. The van der Waals surface area contributed by atoms with Crippen LogP contribution >= 0.6 is 0 Å². The number of hydrogen-bond donors (Lipinski definition) is 3. The number of methoxy groups -OCH3 is 3. The van der Waals surface area contributed by atoms with Crippen LogP contribution in [0.2, 0.25) is 0 Å². The fourth-order valence-corrected chi connectivity index (χ4v) is 13.0. The Balaban J connectivity index is 0.998. The van der Waals surface area contributed by atoms with Gasteiger partial charge in [-0.25, -0.2) is 4.79 Å². The number of ether oxygens (including phenoxy) is 10. The molecule has 15 heteroatoms. The number of Topliss-reactive ketones (excluding diaryl/α,β-unsaturated/α-hetero) is 1. The lowest BCUT2D eigenvalue weighted by molar-refractivity contribution is -0.338. The second-order valence-corrected chi connectivity index (χ2v) is 20.9. The van der Waals surface area contributed by atoms with Gasteiger partial charge in [0.2, 0.25) is 0 Å². The minimum Gasteiger partial charge on any atom is -0.458 e. The van der Waals surface area contributed by atoms with E-state index in [2.05, 4.69) is 13.0 Å². The Morgan fingerprint density at radius 2 is 1.33 bits per heavy atom. The molecule has 0 unspecified atom stereocenters. The van der Waals surface area contributed by atoms with Crippen molar-refractivity contribution < 1.29 is 72.3 Å². The van der Waals surface area contributed by atoms with E-state index in [9.17, 15) is 24.9 Å². The van der Waals surface area contributed by atoms with Gasteiger partial charge in [0.15, 0.2) is 18.9 Å². The average molecular weight is 907 g/mol. The molecule has 0 aromatic rings. The molecule has 4 aliphatic carbocycles. The first-order valence-corrected chi connectivity index (χ1v) is 23.9. The number of esters is 1. The van der Waals surface area contributed by atoms with Crippen molar-refractivity contribution in [2.24, 2.45) is 28.6 Å². The average Bonchev–Trinajstić information content (AvgIpc) is 3.54. The Bertz CT molecular complexity index is 1740. The number of carbonyl (C=O) groups excluding carboxylic acids is 2. The number of rotatable bonds is 13. The van der Waals surface area contributed by atoms with E-state index >= 15 is 0 Å². The van der Waals surface area contributed by atoms with Crippen LogP contribution in [0.3, 0.4) is 0 Å². The molecule has 3 N–H and O–H groups in total. The topological polar surface area (TPSA) is 187 Å². The van der Waals surface area contributed by atoms with Gasteiger partial charge in [0.1, 0.15) is 41.4 Å². The smallest absolute Gasteiger partial charge is 0.330 e. The minimum absolute atomic E-state index is 0.0697. The van der Waals surface area contributed by atoms with Gasteiger partial charge in [-0.05, 0) is 90.9 Å². The zero-order valence-corrected chi connectivity index (χ0v) is 40.3. The molecule has 64 heavy (non-hydrogen) atoms. The maximum atomic E-state index is 13.5. The Hall–Kier alpha value is -1.86. The van der Waals surface area contributed by atoms with Crippen LogP contribution in [0.25, 0.3) is 0 Å². The standard InChI is InChI=1S/C49H78O15/c1-25(2)26(3)19-39(51)62-38-24-37-46(8)16-14-32(20-31(46)13-17-48(37,53)49(54)18-15-33(27(4)50)47(38,49)9)61-40-22-35(56-11)44(29(6)59-40)64-42-23-36(57-12)45(30(7)60-42)63-41-21-34(55-10)43(52)28(5)58-41/h13,19,25,28-30,32-38,40-45,52-54H,14-18,20-24H2,1-12H3/b26-19+/t28-,29+,30+,32-,33-,34+,35-,36+,37+,38+,40-,41-,42-,43-,44+,45+,46-,47-,48-,49+/m0/s1. The van der Waals surface area contributed by atoms with E-state index in [0.29, 0.717) is 51.4 Å². The number of hydrogen-bond acceptors (Lipinski definition) is 15. The molecular formula is C49H78O15. The molecular weight excluding hydrogens is 829 g/mol. The van der Waals surface area contributed by atoms with Crippen molar-refractivity contribution in [3.63, 3.8) is 0 Å². The van der Waals surface area contributed by atoms with Crippen LogP contribution in [0.5, 0.6) is 0 Å². The number of allylic oxidation sites excluding steroid dienone is 1. The summed E-state index contributed by atoms with van der Waals surface area (Å²) in [6, 6.07) is 0. The van der Waals surface area contributed by atoms with Crippen molar-refractivity contribution >= 4 is 11.8 Å². The molecule has 0 spiro atoms. The maximum Gasteiger partial charge on any atom is 0.330 e. The third-order valence-corrected chi connectivity index (χ3v) is 17.2. The number of aliphatic hydroxyl groups excluding tert-OH is 1. The fourth-order valence-electron chi connectivity index (χ4n) is 13.0. The molecule has 7 aliphatic rings. The second-order valence-electron chi connectivity index (χ2n) is 20.9. The van der Waals surface area contributed by atoms with E-state index in [1.165, 1.54) is 13.0 Å². The van der Waals surface area contributed by atoms with Gasteiger partial charge in [-0.2, -0.15) is 0 Å². The number of aliphatic hydroxyl groups is 3. The van der Waals surface area contributed by atoms with Crippen molar-refractivity contribution in [3.05, 3.63) is 23.3 Å². The Morgan fingerprint density at radius 1 is 0.781 bits per heavy atom. The first kappa shape index (κ1) is 50.0. The van der Waals surface area contributed by atoms with Gasteiger partial charge in [-0.3, -0.25) is 4.79 Å². The number of carbonyl (C=O) groups is 2. The summed E-state index contributed by atoms with van der Waals surface area (Å²) < 4.78 is 62.3. The fraction of sp³-hybridized carbons (Fsp3) is 0.878. The van der Waals surface area contributed by atoms with Crippen molar-refractivity contribution in [2.45, 2.75) is 224 Å². The summed E-state index contributed by atoms with van der Waals surface area (Å²) in [6.07, 6.45) is 1.32. The first-order chi connectivity index (χ1) is 30.1. The van der Waals surface area contributed by atoms with Gasteiger partial charge in [-0.1, -0.05) is 44.9 Å². The highest BCUT2D eigenvalue weighted by Crippen LogP contribution is 2.70. The van der Waals surface area contributed by atoms with Gasteiger partial charge in [0, 0.05) is 63.9 Å². The molecule has 3 saturated carbocycles. The summed E-state index contributed by atoms with van der Waals surface area (Å²) in [5.41, 5.74) is -2.81. The lowest BCUT2D eigenvalue weighted by Gasteiger charge is -2.66. The largest absolute Gasteiger partial charge is 0.458 e. The highest BCUT2D eigenvalue weighted by molar-refractivity contribution is 5.83. The minimum atomic E-state index is -1.65. The summed E-state index contributed by atoms with van der Waals surface area (Å²) in [6.45, 7) is 17.1. The molecule has 0 bridgehead atoms. The molecule has 0 aromatic carbocycles. The van der Waals surface area contributed by atoms with Gasteiger partial charge in [-0.15, -0.1) is 0 Å². The number of ketones is 1. The summed E-state index contributed by atoms with van der Waals surface area (Å²) in [5, 5.41) is 36.2. The van der Waals surface area contributed by atoms with Crippen molar-refractivity contribution in [1.82, 2.24) is 0 Å². The Kier molecular flexibility index (Phi) is 15.1. The van der Waals surface area contributed by atoms with Crippen molar-refractivity contribution in [2.75, 3.05) is 21.3 Å². The van der Waals surface area contributed by atoms with Crippen LogP contribution in [-0.2, 0) is 57.0 Å². The normalized spacial score (nSPS) is 48.5. The lowest BCUT2D eigenvalue weighted by Crippen LogP contribution is -2.75. The van der Waals surface area contributed by atoms with Crippen LogP contribution in [0.4, 0.5) is 0 Å². The predicted molar refractivity (Wildman–Crippen MR) is 233 cm³/mol. The van der Waals surface area contributed by atoms with E-state index in [1.807, 2.05) is 41.5 Å². The highest BCUT2D eigenvalue weighted by Gasteiger charge is 2.77. The summed E-state index contributed by atoms with van der Waals surface area (Å²) >= 11 is 0. The van der Waals surface area contributed by atoms with Gasteiger partial charge in [0.25, 0.3) is 0 Å². The van der Waals surface area contributed by atoms with Crippen LogP contribution in [0.15, 0.2) is 23.3 Å². The predicted octanol–water partition coefficient (Wildman–Crippen LogP) is 5.47. The quantitative estimate of drug-likeness (QED) is 0.120. The van der Waals surface area contributed by atoms with E-state index in [4.69, 9.17) is 47.4 Å². The molecule has 0 aromatic heterocycles. The van der Waals surface area contributed by atoms with Gasteiger partial charge in [0.05, 0.1) is 42.7 Å². The van der Waals surface area contributed by atoms with Gasteiger partial charge >= 0.3 is 5.97 Å². The van der Waals surface area contributed by atoms with Crippen molar-refractivity contribution in [3.8, 4) is 0 Å². The second kappa shape index (κ2) is 19.3. The van der Waals surface area contributed by atoms with E-state index < -0.39 is 108 Å². The number of fused-ring (bicyclic) bond motifs is 5. The SMILES string of the molecule is CO[C@H]1C[C@H](O[C@H]2CC[C@@]3(C)C(=CC[C@]4(O)[C@@H]3C[C@@H](OC(=O)/C=C(\C)C(C)C)[C@]3(C)[C@H](C(C)=O)CC[C@@]34O)C2)O[C@H](C)[C@H]1O[C@H]1C[C@@H](OC)[C@H](O[C@H]2C[C@@H](OC)[C@@H](O)[C@H](C)O2)[C@@H](C)O1. The zero-order chi connectivity index (χ0) is 46.7. The Labute approximate surface area is 380 Å². The van der Waals surface area contributed by atoms with Crippen LogP contribution in [-0.4, -0.2) is 146 Å².